The summed E-state index contributed by atoms with van der Waals surface area (Å²) in [6, 6.07) is 8.09. The average Bonchev–Trinajstić information content (AvgIpc) is 3.03. The summed E-state index contributed by atoms with van der Waals surface area (Å²) in [4.78, 5) is 15.7. The first-order chi connectivity index (χ1) is 12.6. The molecule has 3 rings (SSSR count). The zero-order valence-corrected chi connectivity index (χ0v) is 17.2. The van der Waals surface area contributed by atoms with Crippen LogP contribution in [0.4, 0.5) is 0 Å². The smallest absolute Gasteiger partial charge is 0.263 e. The van der Waals surface area contributed by atoms with E-state index < -0.39 is 0 Å². The third kappa shape index (κ3) is 5.76. The first kappa shape index (κ1) is 20.8. The highest BCUT2D eigenvalue weighted by Gasteiger charge is 2.29. The van der Waals surface area contributed by atoms with Crippen molar-refractivity contribution in [2.75, 3.05) is 13.7 Å². The minimum Gasteiger partial charge on any atom is -0.493 e. The number of thioether (sulfide) groups is 1. The van der Waals surface area contributed by atoms with E-state index in [-0.39, 0.29) is 11.2 Å². The molecule has 0 radical (unpaired) electrons. The van der Waals surface area contributed by atoms with Gasteiger partial charge in [-0.15, -0.1) is 0 Å². The number of hydrogen-bond donors (Lipinski definition) is 0. The lowest BCUT2D eigenvalue weighted by Crippen LogP contribution is -2.27. The summed E-state index contributed by atoms with van der Waals surface area (Å²) < 4.78 is 11.1. The van der Waals surface area contributed by atoms with Gasteiger partial charge >= 0.3 is 0 Å². The predicted molar refractivity (Wildman–Crippen MR) is 109 cm³/mol. The van der Waals surface area contributed by atoms with Gasteiger partial charge in [0.15, 0.2) is 0 Å². The highest BCUT2D eigenvalue weighted by atomic mass is 32.2. The second-order valence-corrected chi connectivity index (χ2v) is 8.19. The number of benzene rings is 1. The topological polar surface area (TPSA) is 47.9 Å². The van der Waals surface area contributed by atoms with E-state index in [1.54, 1.807) is 7.11 Å². The first-order valence-electron chi connectivity index (χ1n) is 9.63. The molecule has 0 spiro atoms. The first-order valence-corrected chi connectivity index (χ1v) is 10.5. The molecule has 0 bridgehead atoms. The minimum absolute atomic E-state index is 0.109. The van der Waals surface area contributed by atoms with Gasteiger partial charge in [-0.1, -0.05) is 63.9 Å². The molecule has 0 N–H and O–H groups in total. The summed E-state index contributed by atoms with van der Waals surface area (Å²) >= 11 is 1.39. The molecule has 0 saturated heterocycles. The lowest BCUT2D eigenvalue weighted by Gasteiger charge is -2.33. The fourth-order valence-corrected chi connectivity index (χ4v) is 4.24. The van der Waals surface area contributed by atoms with Gasteiger partial charge in [-0.25, -0.2) is 0 Å². The number of aliphatic imine (C=N–C) groups is 1. The van der Waals surface area contributed by atoms with Crippen LogP contribution in [0.2, 0.25) is 0 Å². The maximum Gasteiger partial charge on any atom is 0.263 e. The zero-order chi connectivity index (χ0) is 19.0. The van der Waals surface area contributed by atoms with E-state index in [2.05, 4.69) is 11.9 Å². The van der Waals surface area contributed by atoms with Crippen molar-refractivity contribution in [2.24, 2.45) is 10.4 Å². The Bertz CT molecular complexity index is 606. The molecule has 144 valence electrons. The zero-order valence-electron chi connectivity index (χ0n) is 16.4. The number of amides is 1. The maximum absolute atomic E-state index is 11.8. The van der Waals surface area contributed by atoms with Crippen LogP contribution in [-0.4, -0.2) is 30.1 Å². The second kappa shape index (κ2) is 10.0. The van der Waals surface area contributed by atoms with Crippen molar-refractivity contribution in [3.05, 3.63) is 29.8 Å². The van der Waals surface area contributed by atoms with Gasteiger partial charge in [0.05, 0.1) is 19.0 Å². The highest BCUT2D eigenvalue weighted by molar-refractivity contribution is 8.15. The number of carbonyl (C=O) groups excluding carboxylic acids is 1. The number of rotatable bonds is 5. The molecule has 0 aromatic heterocycles. The number of carbonyl (C=O) groups is 1. The summed E-state index contributed by atoms with van der Waals surface area (Å²) in [6.45, 7) is 7.12. The molecule has 4 nitrogen and oxygen atoms in total. The number of nitrogens with zero attached hydrogens (tertiary/aromatic N) is 1. The Kier molecular flexibility index (Phi) is 8.01. The molecule has 5 heteroatoms. The van der Waals surface area contributed by atoms with Crippen molar-refractivity contribution in [2.45, 2.75) is 64.5 Å². The van der Waals surface area contributed by atoms with Crippen molar-refractivity contribution in [3.63, 3.8) is 0 Å². The Morgan fingerprint density at radius 2 is 1.81 bits per heavy atom. The fraction of sp³-hybridized carbons (Fsp3) is 0.619. The van der Waals surface area contributed by atoms with Gasteiger partial charge in [-0.3, -0.25) is 4.79 Å². The summed E-state index contributed by atoms with van der Waals surface area (Å²) in [5.74, 6) is 0.798. The van der Waals surface area contributed by atoms with E-state index in [4.69, 9.17) is 9.47 Å². The molecule has 1 fully saturated rings. The van der Waals surface area contributed by atoms with Crippen molar-refractivity contribution >= 4 is 22.9 Å². The number of ether oxygens (including phenoxy) is 2. The Hall–Kier alpha value is -1.49. The Labute approximate surface area is 161 Å². The standard InChI is InChI=1S/C19H25NO3S.C2H6/c1-19(10-4-3-5-11-19)13-23-15-8-6-14(7-9-15)12-16-17(21)20-18(22-2)24-16;1-2/h6-9,16H,3-5,10-13H2,1-2H3;1-2H3. The van der Waals surface area contributed by atoms with Crippen LogP contribution in [0.3, 0.4) is 0 Å². The van der Waals surface area contributed by atoms with Crippen molar-refractivity contribution < 1.29 is 14.3 Å². The Morgan fingerprint density at radius 3 is 2.38 bits per heavy atom. The van der Waals surface area contributed by atoms with Crippen molar-refractivity contribution in [3.8, 4) is 5.75 Å². The van der Waals surface area contributed by atoms with Crippen LogP contribution in [0.5, 0.6) is 5.75 Å². The number of hydrogen-bond acceptors (Lipinski definition) is 4. The van der Waals surface area contributed by atoms with E-state index in [0.717, 1.165) is 17.9 Å². The molecule has 1 aliphatic heterocycles. The fourth-order valence-electron chi connectivity index (χ4n) is 3.33. The molecular weight excluding hydrogens is 346 g/mol. The van der Waals surface area contributed by atoms with Crippen LogP contribution in [-0.2, 0) is 16.0 Å². The van der Waals surface area contributed by atoms with Gasteiger partial charge in [0.1, 0.15) is 5.75 Å². The largest absolute Gasteiger partial charge is 0.493 e. The van der Waals surface area contributed by atoms with Gasteiger partial charge in [-0.05, 0) is 37.0 Å². The molecule has 2 aliphatic rings. The quantitative estimate of drug-likeness (QED) is 0.703. The van der Waals surface area contributed by atoms with E-state index >= 15 is 0 Å². The van der Waals surface area contributed by atoms with Crippen molar-refractivity contribution in [1.29, 1.82) is 0 Å². The monoisotopic (exact) mass is 377 g/mol. The van der Waals surface area contributed by atoms with E-state index in [9.17, 15) is 4.79 Å². The number of methoxy groups -OCH3 is 1. The van der Waals surface area contributed by atoms with Crippen LogP contribution in [0, 0.1) is 5.41 Å². The summed E-state index contributed by atoms with van der Waals surface area (Å²) in [5, 5.41) is 0.290. The predicted octanol–water partition coefficient (Wildman–Crippen LogP) is 5.25. The molecule has 26 heavy (non-hydrogen) atoms. The molecule has 1 atom stereocenters. The molecule has 1 saturated carbocycles. The van der Waals surface area contributed by atoms with Crippen LogP contribution in [0.25, 0.3) is 0 Å². The molecule has 1 aromatic rings. The van der Waals surface area contributed by atoms with Crippen LogP contribution in [0.15, 0.2) is 29.3 Å². The molecular formula is C21H31NO3S. The highest BCUT2D eigenvalue weighted by Crippen LogP contribution is 2.36. The van der Waals surface area contributed by atoms with E-state index in [0.29, 0.717) is 17.1 Å². The molecule has 1 aromatic carbocycles. The molecule has 1 amide bonds. The molecule has 1 heterocycles. The minimum atomic E-state index is -0.173. The van der Waals surface area contributed by atoms with Gasteiger partial charge in [0.25, 0.3) is 11.1 Å². The average molecular weight is 378 g/mol. The third-order valence-electron chi connectivity index (χ3n) is 4.89. The van der Waals surface area contributed by atoms with Crippen LogP contribution >= 0.6 is 11.8 Å². The van der Waals surface area contributed by atoms with Gasteiger partial charge in [0, 0.05) is 5.41 Å². The van der Waals surface area contributed by atoms with Gasteiger partial charge in [0.2, 0.25) is 0 Å². The molecule has 1 aliphatic carbocycles. The third-order valence-corrected chi connectivity index (χ3v) is 6.00. The summed E-state index contributed by atoms with van der Waals surface area (Å²) in [5.41, 5.74) is 1.43. The summed E-state index contributed by atoms with van der Waals surface area (Å²) in [7, 11) is 1.54. The lowest BCUT2D eigenvalue weighted by atomic mass is 9.76. The van der Waals surface area contributed by atoms with Gasteiger partial charge in [-0.2, -0.15) is 4.99 Å². The SMILES string of the molecule is CC.COC1=NC(=O)C(Cc2ccc(OCC3(C)CCCCC3)cc2)S1. The van der Waals surface area contributed by atoms with Crippen LogP contribution < -0.4 is 4.74 Å². The van der Waals surface area contributed by atoms with Gasteiger partial charge < -0.3 is 9.47 Å². The summed E-state index contributed by atoms with van der Waals surface area (Å²) in [6.07, 6.45) is 7.17. The van der Waals surface area contributed by atoms with Crippen LogP contribution in [0.1, 0.15) is 58.4 Å². The maximum atomic E-state index is 11.8. The Morgan fingerprint density at radius 1 is 1.15 bits per heavy atom. The normalized spacial score (nSPS) is 21.5. The molecule has 1 unspecified atom stereocenters. The van der Waals surface area contributed by atoms with Crippen molar-refractivity contribution in [1.82, 2.24) is 0 Å². The van der Waals surface area contributed by atoms with E-state index in [1.165, 1.54) is 43.9 Å². The second-order valence-electron chi connectivity index (χ2n) is 7.03. The Balaban J connectivity index is 0.00000117. The lowest BCUT2D eigenvalue weighted by molar-refractivity contribution is -0.117. The van der Waals surface area contributed by atoms with E-state index in [1.807, 2.05) is 38.1 Å².